The van der Waals surface area contributed by atoms with Crippen LogP contribution >= 0.6 is 0 Å². The van der Waals surface area contributed by atoms with Gasteiger partial charge >= 0.3 is 0 Å². The number of benzene rings is 2. The van der Waals surface area contributed by atoms with Gasteiger partial charge in [-0.1, -0.05) is 24.3 Å². The Morgan fingerprint density at radius 3 is 2.13 bits per heavy atom. The van der Waals surface area contributed by atoms with E-state index in [0.717, 1.165) is 25.0 Å². The Kier molecular flexibility index (Phi) is 5.82. The molecule has 0 amide bonds. The minimum atomic E-state index is -0.0646. The van der Waals surface area contributed by atoms with Crippen LogP contribution < -0.4 is 9.80 Å². The lowest BCUT2D eigenvalue weighted by Crippen LogP contribution is -2.28. The number of fused-ring (bicyclic) bond motifs is 1. The summed E-state index contributed by atoms with van der Waals surface area (Å²) in [5.74, 6) is 0.323. The van der Waals surface area contributed by atoms with Crippen LogP contribution in [0.5, 0.6) is 0 Å². The number of hydrogen-bond donors (Lipinski definition) is 1. The van der Waals surface area contributed by atoms with Crippen LogP contribution in [0.4, 0.5) is 11.4 Å². The second-order valence-corrected chi connectivity index (χ2v) is 8.65. The summed E-state index contributed by atoms with van der Waals surface area (Å²) in [6.45, 7) is -0.0646. The number of hydrazone groups is 1. The zero-order valence-electron chi connectivity index (χ0n) is 18.4. The zero-order valence-corrected chi connectivity index (χ0v) is 18.4. The van der Waals surface area contributed by atoms with Crippen molar-refractivity contribution in [2.45, 2.75) is 25.3 Å². The van der Waals surface area contributed by atoms with E-state index in [1.807, 2.05) is 5.01 Å². The van der Waals surface area contributed by atoms with E-state index < -0.39 is 0 Å². The molecule has 5 nitrogen and oxygen atoms in total. The van der Waals surface area contributed by atoms with E-state index in [-0.39, 0.29) is 12.8 Å². The Morgan fingerprint density at radius 2 is 1.57 bits per heavy atom. The predicted molar refractivity (Wildman–Crippen MR) is 126 cm³/mol. The predicted octanol–water partition coefficient (Wildman–Crippen LogP) is 4.36. The van der Waals surface area contributed by atoms with Gasteiger partial charge in [0.25, 0.3) is 0 Å². The minimum absolute atomic E-state index is 0.0646. The summed E-state index contributed by atoms with van der Waals surface area (Å²) in [6.07, 6.45) is 5.57. The molecule has 1 heterocycles. The molecule has 0 bridgehead atoms. The highest BCUT2D eigenvalue weighted by molar-refractivity contribution is 6.07. The lowest BCUT2D eigenvalue weighted by atomic mass is 9.77. The van der Waals surface area contributed by atoms with Crippen LogP contribution in [0.15, 0.2) is 59.2 Å². The topological polar surface area (TPSA) is 42.3 Å². The Bertz CT molecular complexity index is 929. The molecule has 1 N–H and O–H groups in total. The van der Waals surface area contributed by atoms with Crippen LogP contribution in [0.1, 0.15) is 36.4 Å². The molecule has 0 aromatic heterocycles. The molecule has 1 aliphatic carbocycles. The normalized spacial score (nSPS) is 22.1. The number of hydrogen-bond acceptors (Lipinski definition) is 5. The molecule has 5 heteroatoms. The summed E-state index contributed by atoms with van der Waals surface area (Å²) in [5.41, 5.74) is 7.25. The van der Waals surface area contributed by atoms with Gasteiger partial charge in [0, 0.05) is 45.5 Å². The van der Waals surface area contributed by atoms with Crippen molar-refractivity contribution in [2.75, 3.05) is 44.7 Å². The summed E-state index contributed by atoms with van der Waals surface area (Å²) in [7, 11) is 8.21. The van der Waals surface area contributed by atoms with Crippen LogP contribution in [-0.4, -0.2) is 50.7 Å². The summed E-state index contributed by atoms with van der Waals surface area (Å²) in [5, 5.41) is 16.8. The maximum atomic E-state index is 10.0. The van der Waals surface area contributed by atoms with Gasteiger partial charge in [0.1, 0.15) is 6.73 Å². The maximum absolute atomic E-state index is 10.0. The highest BCUT2D eigenvalue weighted by Gasteiger charge is 2.40. The molecule has 1 aliphatic heterocycles. The van der Waals surface area contributed by atoms with Gasteiger partial charge < -0.3 is 14.9 Å². The standard InChI is InChI=1S/C25H32N4O/c1-27(2)21-12-8-18(9-13-21)16-20-6-5-7-23-24(20)26-29(17-30)25(23)19-10-14-22(15-11-19)28(3)4/h8-16,23,25,30H,5-7,17H2,1-4H3. The Labute approximate surface area is 179 Å². The van der Waals surface area contributed by atoms with Crippen molar-refractivity contribution in [1.82, 2.24) is 5.01 Å². The number of aliphatic hydroxyl groups excluding tert-OH is 1. The minimum Gasteiger partial charge on any atom is -0.378 e. The smallest absolute Gasteiger partial charge is 0.132 e. The van der Waals surface area contributed by atoms with E-state index in [4.69, 9.17) is 5.10 Å². The third-order valence-electron chi connectivity index (χ3n) is 6.23. The molecule has 4 rings (SSSR count). The molecule has 1 fully saturated rings. The third-order valence-corrected chi connectivity index (χ3v) is 6.23. The van der Waals surface area contributed by atoms with Gasteiger partial charge in [0.05, 0.1) is 11.8 Å². The average molecular weight is 405 g/mol. The van der Waals surface area contributed by atoms with Gasteiger partial charge in [0.15, 0.2) is 0 Å². The van der Waals surface area contributed by atoms with Crippen molar-refractivity contribution in [3.05, 3.63) is 65.2 Å². The quantitative estimate of drug-likeness (QED) is 0.804. The number of aliphatic hydroxyl groups is 1. The van der Waals surface area contributed by atoms with E-state index in [0.29, 0.717) is 5.92 Å². The first-order valence-electron chi connectivity index (χ1n) is 10.7. The zero-order chi connectivity index (χ0) is 21.3. The Balaban J connectivity index is 1.62. The van der Waals surface area contributed by atoms with Crippen LogP contribution in [0, 0.1) is 5.92 Å². The maximum Gasteiger partial charge on any atom is 0.132 e. The molecule has 2 aromatic carbocycles. The lowest BCUT2D eigenvalue weighted by molar-refractivity contribution is 0.0697. The van der Waals surface area contributed by atoms with Crippen molar-refractivity contribution in [2.24, 2.45) is 11.0 Å². The molecule has 30 heavy (non-hydrogen) atoms. The van der Waals surface area contributed by atoms with Crippen molar-refractivity contribution in [3.8, 4) is 0 Å². The Hall–Kier alpha value is -2.79. The third kappa shape index (κ3) is 3.94. The number of rotatable bonds is 5. The van der Waals surface area contributed by atoms with Crippen LogP contribution in [-0.2, 0) is 0 Å². The first kappa shape index (κ1) is 20.5. The molecule has 2 unspecified atom stereocenters. The summed E-state index contributed by atoms with van der Waals surface area (Å²) in [4.78, 5) is 4.22. The summed E-state index contributed by atoms with van der Waals surface area (Å²) in [6, 6.07) is 17.4. The van der Waals surface area contributed by atoms with Crippen LogP contribution in [0.2, 0.25) is 0 Å². The highest BCUT2D eigenvalue weighted by Crippen LogP contribution is 2.44. The molecule has 158 valence electrons. The molecule has 2 atom stereocenters. The molecule has 0 saturated heterocycles. The summed E-state index contributed by atoms with van der Waals surface area (Å²) >= 11 is 0. The number of nitrogens with zero attached hydrogens (tertiary/aromatic N) is 4. The molecule has 1 saturated carbocycles. The monoisotopic (exact) mass is 404 g/mol. The first-order valence-corrected chi connectivity index (χ1v) is 10.7. The Morgan fingerprint density at radius 1 is 0.967 bits per heavy atom. The lowest BCUT2D eigenvalue weighted by Gasteiger charge is -2.30. The first-order chi connectivity index (χ1) is 14.5. The number of anilines is 2. The van der Waals surface area contributed by atoms with Gasteiger partial charge in [0.2, 0.25) is 0 Å². The molecular formula is C25H32N4O. The van der Waals surface area contributed by atoms with Crippen molar-refractivity contribution >= 4 is 23.2 Å². The second kappa shape index (κ2) is 8.52. The second-order valence-electron chi connectivity index (χ2n) is 8.65. The molecule has 0 radical (unpaired) electrons. The molecule has 0 spiro atoms. The van der Waals surface area contributed by atoms with Gasteiger partial charge in [-0.05, 0) is 66.3 Å². The van der Waals surface area contributed by atoms with E-state index in [1.54, 1.807) is 0 Å². The van der Waals surface area contributed by atoms with Gasteiger partial charge in [-0.15, -0.1) is 0 Å². The van der Waals surface area contributed by atoms with Crippen molar-refractivity contribution < 1.29 is 5.11 Å². The van der Waals surface area contributed by atoms with Gasteiger partial charge in [-0.2, -0.15) is 5.10 Å². The van der Waals surface area contributed by atoms with Crippen molar-refractivity contribution in [3.63, 3.8) is 0 Å². The fourth-order valence-corrected chi connectivity index (χ4v) is 4.58. The van der Waals surface area contributed by atoms with E-state index in [1.165, 1.54) is 28.1 Å². The highest BCUT2D eigenvalue weighted by atomic mass is 16.3. The fraction of sp³-hybridized carbons (Fsp3) is 0.400. The van der Waals surface area contributed by atoms with Crippen LogP contribution in [0.25, 0.3) is 6.08 Å². The van der Waals surface area contributed by atoms with E-state index in [2.05, 4.69) is 92.6 Å². The number of allylic oxidation sites excluding steroid dienone is 1. The summed E-state index contributed by atoms with van der Waals surface area (Å²) < 4.78 is 0. The van der Waals surface area contributed by atoms with E-state index >= 15 is 0 Å². The van der Waals surface area contributed by atoms with Crippen LogP contribution in [0.3, 0.4) is 0 Å². The molecule has 2 aliphatic rings. The molecule has 2 aromatic rings. The van der Waals surface area contributed by atoms with Gasteiger partial charge in [-0.3, -0.25) is 5.01 Å². The molecular weight excluding hydrogens is 372 g/mol. The van der Waals surface area contributed by atoms with E-state index in [9.17, 15) is 5.11 Å². The SMILES string of the molecule is CN(C)c1ccc(C=C2CCCC3C2=NN(CO)C3c2ccc(N(C)C)cc2)cc1. The average Bonchev–Trinajstić information content (AvgIpc) is 3.14. The largest absolute Gasteiger partial charge is 0.378 e. The van der Waals surface area contributed by atoms with Crippen molar-refractivity contribution in [1.29, 1.82) is 0 Å². The fourth-order valence-electron chi connectivity index (χ4n) is 4.58. The van der Waals surface area contributed by atoms with Gasteiger partial charge in [-0.25, -0.2) is 0 Å².